The topological polar surface area (TPSA) is 107 Å². The van der Waals surface area contributed by atoms with Crippen molar-refractivity contribution in [3.63, 3.8) is 0 Å². The number of hydrogen-bond donors (Lipinski definition) is 1. The Bertz CT molecular complexity index is 1120. The molecular weight excluding hydrogens is 504 g/mol. The molecule has 8 aliphatic rings. The van der Waals surface area contributed by atoms with Gasteiger partial charge in [-0.3, -0.25) is 9.35 Å². The lowest BCUT2D eigenvalue weighted by molar-refractivity contribution is -0.155. The summed E-state index contributed by atoms with van der Waals surface area (Å²) in [5.74, 6) is 3.16. The Hall–Kier alpha value is -1.77. The van der Waals surface area contributed by atoms with Gasteiger partial charge in [-0.2, -0.15) is 8.42 Å². The molecule has 0 heterocycles. The van der Waals surface area contributed by atoms with Crippen LogP contribution in [0.3, 0.4) is 0 Å². The standard InChI is InChI=1S/C30H38O7S/c31-27(16-37-30-13-21-4-22(14-30)6-23(5-21)15-30)24-7-25(9-26(8-24)38(33,34)35)28(32)36-17-29-10-18-1-19(11-29)3-20(2-18)12-29/h7-9,18-23H,1-6,10-17H2,(H,33,34,35). The SMILES string of the molecule is O=C(COC12CC3CC(CC(C3)C1)C2)c1cc(C(=O)OCC23CC4CC(CC(C4)C2)C3)cc(S(=O)(=O)O)c1. The fourth-order valence-corrected chi connectivity index (χ4v) is 10.9. The van der Waals surface area contributed by atoms with Crippen LogP contribution < -0.4 is 0 Å². The Morgan fingerprint density at radius 2 is 1.24 bits per heavy atom. The molecule has 9 rings (SSSR count). The van der Waals surface area contributed by atoms with E-state index in [0.717, 1.165) is 68.4 Å². The van der Waals surface area contributed by atoms with E-state index >= 15 is 0 Å². The summed E-state index contributed by atoms with van der Waals surface area (Å²) < 4.78 is 45.9. The van der Waals surface area contributed by atoms with E-state index in [4.69, 9.17) is 9.47 Å². The lowest BCUT2D eigenvalue weighted by atomic mass is 9.50. The first kappa shape index (κ1) is 25.2. The van der Waals surface area contributed by atoms with Crippen LogP contribution in [-0.4, -0.2) is 43.5 Å². The van der Waals surface area contributed by atoms with Crippen LogP contribution in [0.15, 0.2) is 23.1 Å². The maximum Gasteiger partial charge on any atom is 0.338 e. The van der Waals surface area contributed by atoms with E-state index in [1.807, 2.05) is 0 Å². The third-order valence-corrected chi connectivity index (χ3v) is 11.8. The largest absolute Gasteiger partial charge is 0.462 e. The van der Waals surface area contributed by atoms with Crippen molar-refractivity contribution in [3.8, 4) is 0 Å². The highest BCUT2D eigenvalue weighted by Crippen LogP contribution is 2.60. The minimum Gasteiger partial charge on any atom is -0.462 e. The summed E-state index contributed by atoms with van der Waals surface area (Å²) >= 11 is 0. The average molecular weight is 543 g/mol. The second kappa shape index (κ2) is 8.87. The van der Waals surface area contributed by atoms with E-state index in [1.165, 1.54) is 44.6 Å². The summed E-state index contributed by atoms with van der Waals surface area (Å²) in [5, 5.41) is 0. The number of carbonyl (C=O) groups is 2. The number of benzene rings is 1. The van der Waals surface area contributed by atoms with Crippen molar-refractivity contribution in [2.24, 2.45) is 40.9 Å². The van der Waals surface area contributed by atoms with Gasteiger partial charge in [-0.25, -0.2) is 4.79 Å². The maximum atomic E-state index is 13.2. The van der Waals surface area contributed by atoms with Crippen LogP contribution in [0, 0.1) is 40.9 Å². The van der Waals surface area contributed by atoms with Crippen LogP contribution in [0.1, 0.15) is 97.8 Å². The van der Waals surface area contributed by atoms with E-state index in [2.05, 4.69) is 0 Å². The van der Waals surface area contributed by atoms with Crippen LogP contribution in [0.5, 0.6) is 0 Å². The van der Waals surface area contributed by atoms with Crippen molar-refractivity contribution in [1.29, 1.82) is 0 Å². The molecule has 1 aromatic rings. The number of ketones is 1. The van der Waals surface area contributed by atoms with Gasteiger partial charge in [-0.1, -0.05) is 0 Å². The quantitative estimate of drug-likeness (QED) is 0.264. The smallest absolute Gasteiger partial charge is 0.338 e. The molecule has 8 aliphatic carbocycles. The van der Waals surface area contributed by atoms with Crippen LogP contribution in [-0.2, 0) is 19.6 Å². The normalized spacial score (nSPS) is 40.4. The Kier molecular flexibility index (Phi) is 5.88. The molecule has 0 radical (unpaired) electrons. The highest BCUT2D eigenvalue weighted by molar-refractivity contribution is 7.85. The third-order valence-electron chi connectivity index (χ3n) is 10.9. The molecule has 8 heteroatoms. The minimum absolute atomic E-state index is 0.0232. The molecule has 0 aliphatic heterocycles. The zero-order valence-electron chi connectivity index (χ0n) is 21.9. The lowest BCUT2D eigenvalue weighted by Gasteiger charge is -2.56. The minimum atomic E-state index is -4.62. The van der Waals surface area contributed by atoms with Crippen molar-refractivity contribution in [3.05, 3.63) is 29.3 Å². The molecule has 8 bridgehead atoms. The first-order valence-electron chi connectivity index (χ1n) is 14.5. The number of esters is 1. The van der Waals surface area contributed by atoms with E-state index in [-0.39, 0.29) is 34.5 Å². The Morgan fingerprint density at radius 3 is 1.74 bits per heavy atom. The summed E-state index contributed by atoms with van der Waals surface area (Å²) in [5.41, 5.74) is -0.213. The van der Waals surface area contributed by atoms with Gasteiger partial charge in [0, 0.05) is 11.0 Å². The molecule has 7 nitrogen and oxygen atoms in total. The molecule has 206 valence electrons. The zero-order valence-corrected chi connectivity index (χ0v) is 22.7. The number of hydrogen-bond acceptors (Lipinski definition) is 6. The first-order chi connectivity index (χ1) is 18.1. The average Bonchev–Trinajstić information content (AvgIpc) is 2.83. The zero-order chi connectivity index (χ0) is 26.3. The van der Waals surface area contributed by atoms with Crippen molar-refractivity contribution < 1.29 is 32.0 Å². The van der Waals surface area contributed by atoms with Crippen LogP contribution >= 0.6 is 0 Å². The number of rotatable bonds is 8. The van der Waals surface area contributed by atoms with Gasteiger partial charge in [0.1, 0.15) is 6.61 Å². The second-order valence-corrected chi connectivity index (χ2v) is 15.4. The van der Waals surface area contributed by atoms with Gasteiger partial charge in [0.15, 0.2) is 5.78 Å². The van der Waals surface area contributed by atoms with Crippen molar-refractivity contribution in [1.82, 2.24) is 0 Å². The fraction of sp³-hybridized carbons (Fsp3) is 0.733. The van der Waals surface area contributed by atoms with Crippen molar-refractivity contribution in [2.45, 2.75) is 87.5 Å². The van der Waals surface area contributed by atoms with Crippen LogP contribution in [0.4, 0.5) is 0 Å². The Morgan fingerprint density at radius 1 is 0.763 bits per heavy atom. The Labute approximate surface area is 224 Å². The lowest BCUT2D eigenvalue weighted by Crippen LogP contribution is -2.52. The number of ether oxygens (including phenoxy) is 2. The second-order valence-electron chi connectivity index (χ2n) is 14.0. The predicted molar refractivity (Wildman–Crippen MR) is 138 cm³/mol. The summed E-state index contributed by atoms with van der Waals surface area (Å²) in [6.45, 7) is 0.159. The van der Waals surface area contributed by atoms with E-state index < -0.39 is 21.0 Å². The van der Waals surface area contributed by atoms with E-state index in [0.29, 0.717) is 24.4 Å². The summed E-state index contributed by atoms with van der Waals surface area (Å²) in [4.78, 5) is 25.9. The fourth-order valence-electron chi connectivity index (χ4n) is 10.3. The van der Waals surface area contributed by atoms with Gasteiger partial charge in [-0.15, -0.1) is 0 Å². The maximum absolute atomic E-state index is 13.2. The summed E-state index contributed by atoms with van der Waals surface area (Å²) in [6.07, 6.45) is 13.9. The van der Waals surface area contributed by atoms with Crippen molar-refractivity contribution in [2.75, 3.05) is 13.2 Å². The van der Waals surface area contributed by atoms with Gasteiger partial charge >= 0.3 is 5.97 Å². The van der Waals surface area contributed by atoms with Crippen LogP contribution in [0.2, 0.25) is 0 Å². The van der Waals surface area contributed by atoms with E-state index in [9.17, 15) is 22.6 Å². The number of Topliss-reactive ketones (excluding diaryl/α,β-unsaturated/α-hetero) is 1. The highest BCUT2D eigenvalue weighted by Gasteiger charge is 2.53. The van der Waals surface area contributed by atoms with Gasteiger partial charge in [0.2, 0.25) is 0 Å². The molecule has 0 saturated heterocycles. The Balaban J connectivity index is 1.07. The van der Waals surface area contributed by atoms with Crippen molar-refractivity contribution >= 4 is 21.9 Å². The van der Waals surface area contributed by atoms with Crippen LogP contribution in [0.25, 0.3) is 0 Å². The van der Waals surface area contributed by atoms with Gasteiger partial charge in [0.05, 0.1) is 22.7 Å². The van der Waals surface area contributed by atoms with Gasteiger partial charge in [-0.05, 0) is 131 Å². The summed E-state index contributed by atoms with van der Waals surface area (Å²) in [6, 6.07) is 3.63. The first-order valence-corrected chi connectivity index (χ1v) is 16.0. The highest BCUT2D eigenvalue weighted by atomic mass is 32.2. The molecule has 1 aromatic carbocycles. The molecule has 1 N–H and O–H groups in total. The molecular formula is C30H38O7S. The molecule has 0 spiro atoms. The molecule has 8 fully saturated rings. The molecule has 38 heavy (non-hydrogen) atoms. The van der Waals surface area contributed by atoms with Gasteiger partial charge in [0.25, 0.3) is 10.1 Å². The van der Waals surface area contributed by atoms with Gasteiger partial charge < -0.3 is 9.47 Å². The monoisotopic (exact) mass is 542 g/mol. The molecule has 0 aromatic heterocycles. The summed E-state index contributed by atoms with van der Waals surface area (Å²) in [7, 11) is -4.62. The third kappa shape index (κ3) is 4.64. The molecule has 0 unspecified atom stereocenters. The predicted octanol–water partition coefficient (Wildman–Crippen LogP) is 5.47. The molecule has 8 saturated carbocycles. The molecule has 0 atom stereocenters. The van der Waals surface area contributed by atoms with E-state index in [1.54, 1.807) is 0 Å². The molecule has 0 amide bonds. The number of carbonyl (C=O) groups excluding carboxylic acids is 2.